The summed E-state index contributed by atoms with van der Waals surface area (Å²) in [5.41, 5.74) is 4.81. The Kier molecular flexibility index (Phi) is 4.35. The van der Waals surface area contributed by atoms with Crippen molar-refractivity contribution < 1.29 is 24.2 Å². The van der Waals surface area contributed by atoms with Gasteiger partial charge in [0.1, 0.15) is 11.6 Å². The number of carboxylic acid groups (broad SMARTS) is 1. The molecule has 0 aromatic heterocycles. The molecule has 1 aliphatic rings. The Balaban J connectivity index is 2.50. The lowest BCUT2D eigenvalue weighted by Gasteiger charge is -2.39. The summed E-state index contributed by atoms with van der Waals surface area (Å²) < 4.78 is 4.95. The lowest BCUT2D eigenvalue weighted by atomic mass is 10.0. The van der Waals surface area contributed by atoms with E-state index in [1.165, 1.54) is 0 Å². The van der Waals surface area contributed by atoms with Crippen molar-refractivity contribution >= 4 is 18.0 Å². The number of nitrogens with zero attached hydrogens (tertiary/aromatic N) is 1. The number of aliphatic carboxylic acids is 1. The number of ether oxygens (including phenoxy) is 1. The highest BCUT2D eigenvalue weighted by molar-refractivity contribution is 5.90. The molecule has 0 unspecified atom stereocenters. The first-order valence-electron chi connectivity index (χ1n) is 5.90. The molecule has 19 heavy (non-hydrogen) atoms. The van der Waals surface area contributed by atoms with Gasteiger partial charge in [0, 0.05) is 6.54 Å². The van der Waals surface area contributed by atoms with E-state index in [1.54, 1.807) is 20.8 Å². The fourth-order valence-electron chi connectivity index (χ4n) is 1.58. The molecule has 1 rings (SSSR count). The molecule has 0 radical (unpaired) electrons. The average Bonchev–Trinajstić information content (AvgIpc) is 2.10. The van der Waals surface area contributed by atoms with E-state index in [0.717, 1.165) is 4.90 Å². The number of likely N-dealkylation sites (tertiary alicyclic amines) is 1. The first-order chi connectivity index (χ1) is 8.61. The zero-order valence-electron chi connectivity index (χ0n) is 11.2. The fraction of sp³-hybridized carbons (Fsp3) is 0.727. The summed E-state index contributed by atoms with van der Waals surface area (Å²) in [4.78, 5) is 35.1. The van der Waals surface area contributed by atoms with Gasteiger partial charge < -0.3 is 20.5 Å². The van der Waals surface area contributed by atoms with Gasteiger partial charge in [-0.1, -0.05) is 0 Å². The van der Waals surface area contributed by atoms with Gasteiger partial charge in [0.15, 0.2) is 6.17 Å². The largest absolute Gasteiger partial charge is 0.480 e. The SMILES string of the molecule is CC(C)(C)OC(=O)N[C@H](N)C(=O)N1CC[C@H]1C(=O)O. The summed E-state index contributed by atoms with van der Waals surface area (Å²) in [6.45, 7) is 5.35. The highest BCUT2D eigenvalue weighted by Gasteiger charge is 2.40. The van der Waals surface area contributed by atoms with Crippen molar-refractivity contribution in [1.82, 2.24) is 10.2 Å². The van der Waals surface area contributed by atoms with Crippen LogP contribution in [0.3, 0.4) is 0 Å². The lowest BCUT2D eigenvalue weighted by molar-refractivity contribution is -0.158. The number of amides is 2. The van der Waals surface area contributed by atoms with E-state index in [-0.39, 0.29) is 0 Å². The van der Waals surface area contributed by atoms with Crippen molar-refractivity contribution in [2.24, 2.45) is 5.73 Å². The van der Waals surface area contributed by atoms with Crippen LogP contribution in [-0.4, -0.2) is 52.3 Å². The van der Waals surface area contributed by atoms with Gasteiger partial charge >= 0.3 is 12.1 Å². The van der Waals surface area contributed by atoms with E-state index in [1.807, 2.05) is 0 Å². The molecule has 0 saturated carbocycles. The predicted molar refractivity (Wildman–Crippen MR) is 65.1 cm³/mol. The van der Waals surface area contributed by atoms with E-state index in [4.69, 9.17) is 15.6 Å². The molecule has 2 atom stereocenters. The summed E-state index contributed by atoms with van der Waals surface area (Å²) in [5.74, 6) is -1.71. The van der Waals surface area contributed by atoms with Crippen molar-refractivity contribution in [2.75, 3.05) is 6.54 Å². The van der Waals surface area contributed by atoms with Gasteiger partial charge in [0.2, 0.25) is 0 Å². The van der Waals surface area contributed by atoms with Crippen LogP contribution in [0, 0.1) is 0 Å². The third-order valence-corrected chi connectivity index (χ3v) is 2.53. The van der Waals surface area contributed by atoms with Crippen molar-refractivity contribution in [3.05, 3.63) is 0 Å². The molecule has 8 nitrogen and oxygen atoms in total. The number of rotatable bonds is 3. The molecule has 4 N–H and O–H groups in total. The molecule has 1 heterocycles. The zero-order valence-corrected chi connectivity index (χ0v) is 11.2. The normalized spacial score (nSPS) is 20.2. The Morgan fingerprint density at radius 3 is 2.37 bits per heavy atom. The van der Waals surface area contributed by atoms with Gasteiger partial charge in [-0.05, 0) is 27.2 Å². The number of carbonyl (C=O) groups excluding carboxylic acids is 2. The van der Waals surface area contributed by atoms with Crippen LogP contribution < -0.4 is 11.1 Å². The quantitative estimate of drug-likeness (QED) is 0.595. The summed E-state index contributed by atoms with van der Waals surface area (Å²) in [6, 6.07) is -0.862. The Labute approximate surface area is 110 Å². The van der Waals surface area contributed by atoms with Gasteiger partial charge in [0.25, 0.3) is 5.91 Å². The average molecular weight is 273 g/mol. The Morgan fingerprint density at radius 1 is 1.42 bits per heavy atom. The molecule has 0 spiro atoms. The molecule has 8 heteroatoms. The van der Waals surface area contributed by atoms with E-state index >= 15 is 0 Å². The van der Waals surface area contributed by atoms with Crippen LogP contribution in [0.5, 0.6) is 0 Å². The molecule has 1 aliphatic heterocycles. The molecule has 0 aliphatic carbocycles. The fourth-order valence-corrected chi connectivity index (χ4v) is 1.58. The molecular formula is C11H19N3O5. The smallest absolute Gasteiger partial charge is 0.409 e. The van der Waals surface area contributed by atoms with Crippen molar-refractivity contribution in [3.8, 4) is 0 Å². The molecule has 1 saturated heterocycles. The summed E-state index contributed by atoms with van der Waals surface area (Å²) >= 11 is 0. The molecule has 2 amide bonds. The monoisotopic (exact) mass is 273 g/mol. The molecular weight excluding hydrogens is 254 g/mol. The first kappa shape index (κ1) is 15.2. The first-order valence-corrected chi connectivity index (χ1v) is 5.90. The third-order valence-electron chi connectivity index (χ3n) is 2.53. The van der Waals surface area contributed by atoms with E-state index in [9.17, 15) is 14.4 Å². The number of carbonyl (C=O) groups is 3. The Morgan fingerprint density at radius 2 is 2.00 bits per heavy atom. The Hall–Kier alpha value is -1.83. The second-order valence-corrected chi connectivity index (χ2v) is 5.30. The Bertz CT molecular complexity index is 390. The minimum absolute atomic E-state index is 0.319. The number of hydrogen-bond acceptors (Lipinski definition) is 5. The van der Waals surface area contributed by atoms with Gasteiger partial charge in [-0.25, -0.2) is 9.59 Å². The van der Waals surface area contributed by atoms with Gasteiger partial charge in [0.05, 0.1) is 0 Å². The number of nitrogens with one attached hydrogen (secondary N) is 1. The summed E-state index contributed by atoms with van der Waals surface area (Å²) in [5, 5.41) is 11.0. The van der Waals surface area contributed by atoms with Gasteiger partial charge in [-0.15, -0.1) is 0 Å². The maximum absolute atomic E-state index is 11.8. The van der Waals surface area contributed by atoms with E-state index in [2.05, 4.69) is 5.32 Å². The maximum Gasteiger partial charge on any atom is 0.409 e. The second-order valence-electron chi connectivity index (χ2n) is 5.30. The predicted octanol–water partition coefficient (Wildman–Crippen LogP) is -0.519. The van der Waals surface area contributed by atoms with Gasteiger partial charge in [-0.2, -0.15) is 0 Å². The number of hydrogen-bond donors (Lipinski definition) is 3. The van der Waals surface area contributed by atoms with Crippen molar-refractivity contribution in [3.63, 3.8) is 0 Å². The maximum atomic E-state index is 11.8. The van der Waals surface area contributed by atoms with Crippen LogP contribution in [0.4, 0.5) is 4.79 Å². The highest BCUT2D eigenvalue weighted by atomic mass is 16.6. The zero-order chi connectivity index (χ0) is 14.8. The molecule has 0 aromatic rings. The van der Waals surface area contributed by atoms with Crippen LogP contribution in [0.15, 0.2) is 0 Å². The van der Waals surface area contributed by atoms with Crippen LogP contribution >= 0.6 is 0 Å². The second kappa shape index (κ2) is 5.43. The standard InChI is InChI=1S/C11H19N3O5/c1-11(2,3)19-10(18)13-7(12)8(15)14-5-4-6(14)9(16)17/h6-7H,4-5,12H2,1-3H3,(H,13,18)(H,16,17)/t6-,7-/m0/s1. The van der Waals surface area contributed by atoms with Crippen LogP contribution in [0.25, 0.3) is 0 Å². The van der Waals surface area contributed by atoms with Crippen molar-refractivity contribution in [1.29, 1.82) is 0 Å². The topological polar surface area (TPSA) is 122 Å². The molecule has 108 valence electrons. The van der Waals surface area contributed by atoms with Gasteiger partial charge in [-0.3, -0.25) is 10.1 Å². The number of alkyl carbamates (subject to hydrolysis) is 1. The molecule has 0 bridgehead atoms. The molecule has 0 aromatic carbocycles. The van der Waals surface area contributed by atoms with Crippen LogP contribution in [0.1, 0.15) is 27.2 Å². The van der Waals surface area contributed by atoms with E-state index in [0.29, 0.717) is 13.0 Å². The lowest BCUT2D eigenvalue weighted by Crippen LogP contribution is -2.63. The minimum atomic E-state index is -1.31. The van der Waals surface area contributed by atoms with Crippen LogP contribution in [0.2, 0.25) is 0 Å². The third kappa shape index (κ3) is 4.09. The minimum Gasteiger partial charge on any atom is -0.480 e. The number of carboxylic acids is 1. The summed E-state index contributed by atoms with van der Waals surface area (Å²) in [7, 11) is 0. The number of nitrogens with two attached hydrogens (primary N) is 1. The van der Waals surface area contributed by atoms with Crippen molar-refractivity contribution in [2.45, 2.75) is 45.0 Å². The van der Waals surface area contributed by atoms with Crippen LogP contribution in [-0.2, 0) is 14.3 Å². The highest BCUT2D eigenvalue weighted by Crippen LogP contribution is 2.18. The van der Waals surface area contributed by atoms with E-state index < -0.39 is 35.8 Å². The molecule has 1 fully saturated rings. The summed E-state index contributed by atoms with van der Waals surface area (Å²) in [6.07, 6.45) is -1.74.